The third-order valence-electron chi connectivity index (χ3n) is 3.64. The highest BCUT2D eigenvalue weighted by Gasteiger charge is 2.28. The number of hydrogen-bond donors (Lipinski definition) is 1. The van der Waals surface area contributed by atoms with E-state index in [0.29, 0.717) is 24.7 Å². The van der Waals surface area contributed by atoms with Gasteiger partial charge in [-0.3, -0.25) is 0 Å². The van der Waals surface area contributed by atoms with E-state index in [4.69, 9.17) is 4.52 Å². The molecule has 2 aromatic heterocycles. The van der Waals surface area contributed by atoms with Crippen molar-refractivity contribution in [2.45, 2.75) is 32.9 Å². The third kappa shape index (κ3) is 2.81. The second-order valence-electron chi connectivity index (χ2n) is 5.19. The van der Waals surface area contributed by atoms with Crippen LogP contribution in [0.4, 0.5) is 0 Å². The van der Waals surface area contributed by atoms with Gasteiger partial charge in [0.2, 0.25) is 0 Å². The van der Waals surface area contributed by atoms with Gasteiger partial charge in [0, 0.05) is 11.6 Å². The lowest BCUT2D eigenvalue weighted by molar-refractivity contribution is 0.387. The molecule has 3 heterocycles. The molecule has 1 N–H and O–H groups in total. The lowest BCUT2D eigenvalue weighted by Crippen LogP contribution is -2.30. The Morgan fingerprint density at radius 2 is 2.24 bits per heavy atom. The topological polar surface area (TPSA) is 116 Å². The van der Waals surface area contributed by atoms with Crippen LogP contribution in [-0.4, -0.2) is 51.3 Å². The highest BCUT2D eigenvalue weighted by molar-refractivity contribution is 7.91. The molecule has 0 saturated carbocycles. The van der Waals surface area contributed by atoms with Crippen LogP contribution in [0, 0.1) is 13.8 Å². The molecule has 1 fully saturated rings. The van der Waals surface area contributed by atoms with Crippen molar-refractivity contribution in [3.8, 4) is 5.88 Å². The molecular weight excluding hydrogens is 296 g/mol. The summed E-state index contributed by atoms with van der Waals surface area (Å²) >= 11 is 0. The molecule has 1 saturated heterocycles. The SMILES string of the molecule is Cc1noc(-n2nnnc2CNC2CCS(=O)(=O)C2)c1C. The molecule has 0 radical (unpaired) electrons. The molecule has 10 heteroatoms. The van der Waals surface area contributed by atoms with Crippen LogP contribution in [-0.2, 0) is 16.4 Å². The Balaban J connectivity index is 1.73. The smallest absolute Gasteiger partial charge is 0.257 e. The van der Waals surface area contributed by atoms with E-state index in [0.717, 1.165) is 11.3 Å². The summed E-state index contributed by atoms with van der Waals surface area (Å²) in [5.74, 6) is 1.43. The summed E-state index contributed by atoms with van der Waals surface area (Å²) in [4.78, 5) is 0. The molecule has 21 heavy (non-hydrogen) atoms. The number of aromatic nitrogens is 5. The minimum Gasteiger partial charge on any atom is -0.336 e. The van der Waals surface area contributed by atoms with Gasteiger partial charge in [-0.15, -0.1) is 5.10 Å². The normalized spacial score (nSPS) is 21.0. The van der Waals surface area contributed by atoms with Crippen LogP contribution in [0.3, 0.4) is 0 Å². The molecule has 114 valence electrons. The third-order valence-corrected chi connectivity index (χ3v) is 5.41. The van der Waals surface area contributed by atoms with E-state index in [9.17, 15) is 8.42 Å². The maximum absolute atomic E-state index is 11.4. The molecule has 0 aromatic carbocycles. The van der Waals surface area contributed by atoms with E-state index in [1.807, 2.05) is 13.8 Å². The van der Waals surface area contributed by atoms with Gasteiger partial charge in [-0.1, -0.05) is 5.16 Å². The van der Waals surface area contributed by atoms with Crippen LogP contribution in [0.5, 0.6) is 0 Å². The van der Waals surface area contributed by atoms with Crippen molar-refractivity contribution >= 4 is 9.84 Å². The summed E-state index contributed by atoms with van der Waals surface area (Å²) in [7, 11) is -2.90. The summed E-state index contributed by atoms with van der Waals surface area (Å²) in [6.45, 7) is 4.09. The molecule has 0 bridgehead atoms. The predicted molar refractivity (Wildman–Crippen MR) is 72.6 cm³/mol. The van der Waals surface area contributed by atoms with Crippen molar-refractivity contribution in [1.82, 2.24) is 30.7 Å². The number of nitrogens with one attached hydrogen (secondary N) is 1. The van der Waals surface area contributed by atoms with Crippen molar-refractivity contribution in [2.24, 2.45) is 0 Å². The maximum Gasteiger partial charge on any atom is 0.257 e. The maximum atomic E-state index is 11.4. The summed E-state index contributed by atoms with van der Waals surface area (Å²) in [6.07, 6.45) is 0.615. The summed E-state index contributed by atoms with van der Waals surface area (Å²) in [5.41, 5.74) is 1.65. The van der Waals surface area contributed by atoms with Gasteiger partial charge in [-0.05, 0) is 30.7 Å². The first kappa shape index (κ1) is 14.1. The van der Waals surface area contributed by atoms with Crippen molar-refractivity contribution in [3.05, 3.63) is 17.1 Å². The number of sulfone groups is 1. The minimum absolute atomic E-state index is 0.0577. The standard InChI is InChI=1S/C11H16N6O3S/c1-7-8(2)14-20-11(7)17-10(13-15-16-17)5-12-9-3-4-21(18,19)6-9/h9,12H,3-6H2,1-2H3. The van der Waals surface area contributed by atoms with E-state index in [2.05, 4.69) is 26.0 Å². The largest absolute Gasteiger partial charge is 0.336 e. The summed E-state index contributed by atoms with van der Waals surface area (Å²) in [5, 5.41) is 18.5. The van der Waals surface area contributed by atoms with E-state index in [-0.39, 0.29) is 17.5 Å². The fourth-order valence-electron chi connectivity index (χ4n) is 2.27. The van der Waals surface area contributed by atoms with Crippen LogP contribution < -0.4 is 5.32 Å². The van der Waals surface area contributed by atoms with Gasteiger partial charge in [-0.2, -0.15) is 4.68 Å². The van der Waals surface area contributed by atoms with Crippen molar-refractivity contribution < 1.29 is 12.9 Å². The highest BCUT2D eigenvalue weighted by atomic mass is 32.2. The van der Waals surface area contributed by atoms with Crippen molar-refractivity contribution in [3.63, 3.8) is 0 Å². The molecule has 9 nitrogen and oxygen atoms in total. The molecule has 0 amide bonds. The van der Waals surface area contributed by atoms with Crippen molar-refractivity contribution in [1.29, 1.82) is 0 Å². The quantitative estimate of drug-likeness (QED) is 0.806. The van der Waals surface area contributed by atoms with Crippen LogP contribution >= 0.6 is 0 Å². The number of aryl methyl sites for hydroxylation is 1. The molecule has 0 aliphatic carbocycles. The zero-order valence-corrected chi connectivity index (χ0v) is 12.6. The van der Waals surface area contributed by atoms with Crippen LogP contribution in [0.1, 0.15) is 23.5 Å². The second kappa shape index (κ2) is 5.19. The molecule has 1 aliphatic rings. The van der Waals surface area contributed by atoms with E-state index in [1.165, 1.54) is 4.68 Å². The lowest BCUT2D eigenvalue weighted by Gasteiger charge is -2.09. The van der Waals surface area contributed by atoms with Crippen LogP contribution in [0.25, 0.3) is 5.88 Å². The first-order valence-corrected chi connectivity index (χ1v) is 8.43. The van der Waals surface area contributed by atoms with Crippen LogP contribution in [0.15, 0.2) is 4.52 Å². The van der Waals surface area contributed by atoms with E-state index in [1.54, 1.807) is 0 Å². The summed E-state index contributed by atoms with van der Waals surface area (Å²) < 4.78 is 29.6. The first-order valence-electron chi connectivity index (χ1n) is 6.60. The molecule has 1 unspecified atom stereocenters. The van der Waals surface area contributed by atoms with E-state index < -0.39 is 9.84 Å². The van der Waals surface area contributed by atoms with Gasteiger partial charge < -0.3 is 9.84 Å². The Kier molecular flexibility index (Phi) is 3.49. The van der Waals surface area contributed by atoms with Gasteiger partial charge >= 0.3 is 0 Å². The molecule has 0 spiro atoms. The van der Waals surface area contributed by atoms with Crippen molar-refractivity contribution in [2.75, 3.05) is 11.5 Å². The molecule has 1 atom stereocenters. The monoisotopic (exact) mass is 312 g/mol. The fourth-order valence-corrected chi connectivity index (χ4v) is 3.97. The van der Waals surface area contributed by atoms with Gasteiger partial charge in [-0.25, -0.2) is 8.42 Å². The minimum atomic E-state index is -2.90. The van der Waals surface area contributed by atoms with Crippen LogP contribution in [0.2, 0.25) is 0 Å². The number of hydrogen-bond acceptors (Lipinski definition) is 8. The Labute approximate surface area is 121 Å². The Morgan fingerprint density at radius 3 is 2.86 bits per heavy atom. The zero-order chi connectivity index (χ0) is 15.0. The Morgan fingerprint density at radius 1 is 1.43 bits per heavy atom. The molecular formula is C11H16N6O3S. The van der Waals surface area contributed by atoms with Gasteiger partial charge in [0.25, 0.3) is 5.88 Å². The van der Waals surface area contributed by atoms with E-state index >= 15 is 0 Å². The number of nitrogens with zero attached hydrogens (tertiary/aromatic N) is 5. The zero-order valence-electron chi connectivity index (χ0n) is 11.8. The molecule has 1 aliphatic heterocycles. The number of tetrazole rings is 1. The van der Waals surface area contributed by atoms with Gasteiger partial charge in [0.15, 0.2) is 15.7 Å². The van der Waals surface area contributed by atoms with Gasteiger partial charge in [0.05, 0.1) is 23.7 Å². The first-order chi connectivity index (χ1) is 9.96. The predicted octanol–water partition coefficient (Wildman–Crippen LogP) is -0.456. The lowest BCUT2D eigenvalue weighted by atomic mass is 10.2. The average Bonchev–Trinajstić information content (AvgIpc) is 3.09. The highest BCUT2D eigenvalue weighted by Crippen LogP contribution is 2.17. The Hall–Kier alpha value is -1.81. The average molecular weight is 312 g/mol. The molecule has 2 aromatic rings. The fraction of sp³-hybridized carbons (Fsp3) is 0.636. The Bertz CT molecular complexity index is 750. The van der Waals surface area contributed by atoms with Gasteiger partial charge in [0.1, 0.15) is 0 Å². The molecule has 3 rings (SSSR count). The number of rotatable bonds is 4. The second-order valence-corrected chi connectivity index (χ2v) is 7.41. The summed E-state index contributed by atoms with van der Waals surface area (Å²) in [6, 6.07) is -0.0577.